The zero-order valence-electron chi connectivity index (χ0n) is 11.8. The minimum Gasteiger partial charge on any atom is -0.383 e. The maximum absolute atomic E-state index is 5.12. The van der Waals surface area contributed by atoms with Crippen LogP contribution in [0.1, 0.15) is 5.82 Å². The molecule has 106 valence electrons. The van der Waals surface area contributed by atoms with E-state index < -0.39 is 0 Å². The van der Waals surface area contributed by atoms with Gasteiger partial charge in [0.15, 0.2) is 0 Å². The highest BCUT2D eigenvalue weighted by Crippen LogP contribution is 2.07. The van der Waals surface area contributed by atoms with E-state index in [1.807, 2.05) is 18.5 Å². The third kappa shape index (κ3) is 4.16. The maximum atomic E-state index is 5.12. The minimum absolute atomic E-state index is 0.733. The Morgan fingerprint density at radius 2 is 2.05 bits per heavy atom. The molecule has 5 heteroatoms. The van der Waals surface area contributed by atoms with E-state index in [4.69, 9.17) is 4.74 Å². The van der Waals surface area contributed by atoms with Gasteiger partial charge in [0.1, 0.15) is 5.82 Å². The Bertz CT molecular complexity index is 383. The van der Waals surface area contributed by atoms with Gasteiger partial charge in [-0.25, -0.2) is 4.98 Å². The Hall–Kier alpha value is -1.17. The van der Waals surface area contributed by atoms with E-state index in [1.54, 1.807) is 7.11 Å². The van der Waals surface area contributed by atoms with Crippen LogP contribution in [0.25, 0.3) is 0 Å². The zero-order valence-corrected chi connectivity index (χ0v) is 11.8. The lowest BCUT2D eigenvalue weighted by Crippen LogP contribution is -2.46. The van der Waals surface area contributed by atoms with Gasteiger partial charge in [-0.05, 0) is 0 Å². The topological polar surface area (TPSA) is 33.5 Å². The molecule has 1 aromatic heterocycles. The van der Waals surface area contributed by atoms with Crippen LogP contribution >= 0.6 is 0 Å². The summed E-state index contributed by atoms with van der Waals surface area (Å²) in [7, 11) is 1.73. The second kappa shape index (κ2) is 7.43. The first-order valence-electron chi connectivity index (χ1n) is 6.88. The second-order valence-electron chi connectivity index (χ2n) is 4.90. The van der Waals surface area contributed by atoms with Crippen molar-refractivity contribution in [1.82, 2.24) is 19.4 Å². The van der Waals surface area contributed by atoms with Crippen LogP contribution in [-0.4, -0.2) is 65.8 Å². The molecule has 0 N–H and O–H groups in total. The molecule has 0 aliphatic carbocycles. The monoisotopic (exact) mass is 264 g/mol. The summed E-state index contributed by atoms with van der Waals surface area (Å²) in [6.07, 6.45) is 5.88. The summed E-state index contributed by atoms with van der Waals surface area (Å²) in [5.74, 6) is 1.13. The van der Waals surface area contributed by atoms with Crippen LogP contribution in [-0.2, 0) is 17.8 Å². The molecule has 19 heavy (non-hydrogen) atoms. The average molecular weight is 264 g/mol. The molecule has 0 bridgehead atoms. The molecule has 5 nitrogen and oxygen atoms in total. The molecule has 2 rings (SSSR count). The van der Waals surface area contributed by atoms with E-state index in [0.29, 0.717) is 0 Å². The van der Waals surface area contributed by atoms with Crippen molar-refractivity contribution in [3.63, 3.8) is 0 Å². The molecule has 0 saturated carbocycles. The molecule has 0 unspecified atom stereocenters. The van der Waals surface area contributed by atoms with Gasteiger partial charge in [0.25, 0.3) is 0 Å². The second-order valence-corrected chi connectivity index (χ2v) is 4.90. The van der Waals surface area contributed by atoms with Crippen LogP contribution in [0, 0.1) is 0 Å². The van der Waals surface area contributed by atoms with Crippen molar-refractivity contribution in [1.29, 1.82) is 0 Å². The van der Waals surface area contributed by atoms with Gasteiger partial charge >= 0.3 is 0 Å². The van der Waals surface area contributed by atoms with Crippen LogP contribution in [0.15, 0.2) is 25.0 Å². The SMILES string of the molecule is C=CCN1CCN(Cc2nccn2CCOC)CC1. The molecule has 1 aliphatic heterocycles. The van der Waals surface area contributed by atoms with E-state index in [9.17, 15) is 0 Å². The average Bonchev–Trinajstić information content (AvgIpc) is 2.86. The van der Waals surface area contributed by atoms with Crippen molar-refractivity contribution in [2.45, 2.75) is 13.1 Å². The quantitative estimate of drug-likeness (QED) is 0.683. The van der Waals surface area contributed by atoms with Crippen molar-refractivity contribution in [3.8, 4) is 0 Å². The van der Waals surface area contributed by atoms with Gasteiger partial charge in [-0.2, -0.15) is 0 Å². The normalized spacial score (nSPS) is 17.7. The van der Waals surface area contributed by atoms with Gasteiger partial charge in [-0.15, -0.1) is 6.58 Å². The fourth-order valence-corrected chi connectivity index (χ4v) is 2.40. The molecule has 1 fully saturated rings. The molecule has 1 aliphatic rings. The Balaban J connectivity index is 1.82. The Morgan fingerprint density at radius 1 is 1.32 bits per heavy atom. The van der Waals surface area contributed by atoms with Crippen LogP contribution in [0.3, 0.4) is 0 Å². The third-order valence-electron chi connectivity index (χ3n) is 3.56. The van der Waals surface area contributed by atoms with Crippen LogP contribution in [0.4, 0.5) is 0 Å². The number of aromatic nitrogens is 2. The number of methoxy groups -OCH3 is 1. The highest BCUT2D eigenvalue weighted by Gasteiger charge is 2.17. The van der Waals surface area contributed by atoms with Crippen molar-refractivity contribution in [2.24, 2.45) is 0 Å². The predicted molar refractivity (Wildman–Crippen MR) is 76.0 cm³/mol. The van der Waals surface area contributed by atoms with Crippen molar-refractivity contribution in [3.05, 3.63) is 30.9 Å². The van der Waals surface area contributed by atoms with Gasteiger partial charge in [0.05, 0.1) is 13.2 Å². The van der Waals surface area contributed by atoms with Crippen LogP contribution in [0.5, 0.6) is 0 Å². The third-order valence-corrected chi connectivity index (χ3v) is 3.56. The van der Waals surface area contributed by atoms with Gasteiger partial charge in [0.2, 0.25) is 0 Å². The summed E-state index contributed by atoms with van der Waals surface area (Å²) in [6.45, 7) is 11.8. The first-order valence-corrected chi connectivity index (χ1v) is 6.88. The molecular formula is C14H24N4O. The van der Waals surface area contributed by atoms with Crippen molar-refractivity contribution >= 4 is 0 Å². The lowest BCUT2D eigenvalue weighted by atomic mass is 10.3. The summed E-state index contributed by atoms with van der Waals surface area (Å²) in [5, 5.41) is 0. The number of hydrogen-bond acceptors (Lipinski definition) is 4. The molecule has 1 saturated heterocycles. The molecule has 0 aromatic carbocycles. The standard InChI is InChI=1S/C14H24N4O/c1-3-5-16-7-9-17(10-8-16)13-14-15-4-6-18(14)11-12-19-2/h3-4,6H,1,5,7-13H2,2H3. The lowest BCUT2D eigenvalue weighted by molar-refractivity contribution is 0.132. The summed E-state index contributed by atoms with van der Waals surface area (Å²) < 4.78 is 7.30. The molecule has 2 heterocycles. The molecule has 0 atom stereocenters. The summed E-state index contributed by atoms with van der Waals surface area (Å²) >= 11 is 0. The summed E-state index contributed by atoms with van der Waals surface area (Å²) in [5.41, 5.74) is 0. The molecule has 0 amide bonds. The summed E-state index contributed by atoms with van der Waals surface area (Å²) in [6, 6.07) is 0. The van der Waals surface area contributed by atoms with E-state index in [-0.39, 0.29) is 0 Å². The van der Waals surface area contributed by atoms with Gasteiger partial charge in [0, 0.05) is 58.8 Å². The Kier molecular flexibility index (Phi) is 5.57. The first-order chi connectivity index (χ1) is 9.33. The number of imidazole rings is 1. The van der Waals surface area contributed by atoms with Crippen LogP contribution < -0.4 is 0 Å². The zero-order chi connectivity index (χ0) is 13.5. The van der Waals surface area contributed by atoms with Gasteiger partial charge < -0.3 is 9.30 Å². The fourth-order valence-electron chi connectivity index (χ4n) is 2.40. The molecule has 1 aromatic rings. The minimum atomic E-state index is 0.733. The molecule has 0 spiro atoms. The lowest BCUT2D eigenvalue weighted by Gasteiger charge is -2.33. The Labute approximate surface area is 115 Å². The number of hydrogen-bond donors (Lipinski definition) is 0. The van der Waals surface area contributed by atoms with E-state index >= 15 is 0 Å². The first kappa shape index (κ1) is 14.2. The maximum Gasteiger partial charge on any atom is 0.122 e. The largest absolute Gasteiger partial charge is 0.383 e. The Morgan fingerprint density at radius 3 is 2.74 bits per heavy atom. The van der Waals surface area contributed by atoms with Gasteiger partial charge in [-0.1, -0.05) is 6.08 Å². The number of ether oxygens (including phenoxy) is 1. The fraction of sp³-hybridized carbons (Fsp3) is 0.643. The van der Waals surface area contributed by atoms with Crippen molar-refractivity contribution < 1.29 is 4.74 Å². The summed E-state index contributed by atoms with van der Waals surface area (Å²) in [4.78, 5) is 9.35. The number of rotatable bonds is 7. The van der Waals surface area contributed by atoms with Crippen molar-refractivity contribution in [2.75, 3.05) is 46.4 Å². The predicted octanol–water partition coefficient (Wildman–Crippen LogP) is 0.833. The highest BCUT2D eigenvalue weighted by atomic mass is 16.5. The molecular weight excluding hydrogens is 240 g/mol. The van der Waals surface area contributed by atoms with Gasteiger partial charge in [-0.3, -0.25) is 9.80 Å². The van der Waals surface area contributed by atoms with E-state index in [2.05, 4.69) is 25.9 Å². The van der Waals surface area contributed by atoms with E-state index in [1.165, 1.54) is 0 Å². The number of piperazine rings is 1. The van der Waals surface area contributed by atoms with Crippen LogP contribution in [0.2, 0.25) is 0 Å². The number of nitrogens with zero attached hydrogens (tertiary/aromatic N) is 4. The molecule has 0 radical (unpaired) electrons. The smallest absolute Gasteiger partial charge is 0.122 e. The van der Waals surface area contributed by atoms with E-state index in [0.717, 1.165) is 58.2 Å². The highest BCUT2D eigenvalue weighted by molar-refractivity contribution is 4.93.